The molecule has 0 radical (unpaired) electrons. The molecule has 0 aromatic heterocycles. The molecule has 0 aliphatic carbocycles. The molecule has 1 aliphatic heterocycles. The van der Waals surface area contributed by atoms with Crippen LogP contribution >= 0.6 is 27.5 Å². The molecule has 198 valence electrons. The van der Waals surface area contributed by atoms with Crippen LogP contribution in [0.4, 0.5) is 13.2 Å². The lowest BCUT2D eigenvalue weighted by Crippen LogP contribution is -2.27. The van der Waals surface area contributed by atoms with Gasteiger partial charge in [-0.2, -0.15) is 13.2 Å². The molecule has 2 aromatic carbocycles. The third kappa shape index (κ3) is 7.00. The Hall–Kier alpha value is -1.66. The zero-order chi connectivity index (χ0) is 26.7. The number of hydrogen-bond acceptors (Lipinski definition) is 5. The Morgan fingerprint density at radius 2 is 1.97 bits per heavy atom. The standard InChI is InChI=1S/C24H28BrClF3N3O3S/c1-3-36(34,35)22-5-4-18(26)8-17(22)12-31-23(33)16-9-20(24(27,28)29)19(21(25)10-16)14-32-7-6-15(13-32)11-30-2/h4-5,8-10,15,30H,3,6-7,11-14H2,1-2H3,(H,31,33). The molecule has 1 unspecified atom stereocenters. The van der Waals surface area contributed by atoms with Gasteiger partial charge in [-0.15, -0.1) is 0 Å². The summed E-state index contributed by atoms with van der Waals surface area (Å²) in [6, 6.07) is 6.42. The van der Waals surface area contributed by atoms with E-state index in [0.29, 0.717) is 19.0 Å². The fourth-order valence-corrected chi connectivity index (χ4v) is 6.24. The highest BCUT2D eigenvalue weighted by Crippen LogP contribution is 2.37. The van der Waals surface area contributed by atoms with Crippen molar-refractivity contribution < 1.29 is 26.4 Å². The zero-order valence-corrected chi connectivity index (χ0v) is 23.0. The smallest absolute Gasteiger partial charge is 0.348 e. The molecule has 0 bridgehead atoms. The van der Waals surface area contributed by atoms with Crippen LogP contribution in [0.15, 0.2) is 39.7 Å². The van der Waals surface area contributed by atoms with Crippen molar-refractivity contribution in [2.24, 2.45) is 5.92 Å². The van der Waals surface area contributed by atoms with E-state index in [4.69, 9.17) is 11.6 Å². The second-order valence-corrected chi connectivity index (χ2v) is 12.3. The maximum absolute atomic E-state index is 14.0. The van der Waals surface area contributed by atoms with Gasteiger partial charge in [-0.1, -0.05) is 34.5 Å². The van der Waals surface area contributed by atoms with Gasteiger partial charge in [0.1, 0.15) is 0 Å². The molecule has 1 heterocycles. The molecular formula is C24H28BrClF3N3O3S. The van der Waals surface area contributed by atoms with Gasteiger partial charge in [-0.05, 0) is 73.9 Å². The Bertz CT molecular complexity index is 1230. The van der Waals surface area contributed by atoms with Crippen molar-refractivity contribution in [3.05, 3.63) is 62.1 Å². The van der Waals surface area contributed by atoms with Crippen LogP contribution < -0.4 is 10.6 Å². The first-order valence-electron chi connectivity index (χ1n) is 11.4. The largest absolute Gasteiger partial charge is 0.416 e. The van der Waals surface area contributed by atoms with Gasteiger partial charge in [0.2, 0.25) is 0 Å². The summed E-state index contributed by atoms with van der Waals surface area (Å²) >= 11 is 9.25. The van der Waals surface area contributed by atoms with Crippen molar-refractivity contribution in [2.45, 2.75) is 37.5 Å². The number of likely N-dealkylation sites (tertiary alicyclic amines) is 1. The van der Waals surface area contributed by atoms with Crippen LogP contribution in [-0.4, -0.2) is 51.7 Å². The zero-order valence-electron chi connectivity index (χ0n) is 19.9. The van der Waals surface area contributed by atoms with Gasteiger partial charge in [-0.3, -0.25) is 9.69 Å². The third-order valence-corrected chi connectivity index (χ3v) is 8.96. The maximum atomic E-state index is 14.0. The number of rotatable bonds is 9. The van der Waals surface area contributed by atoms with Gasteiger partial charge in [-0.25, -0.2) is 8.42 Å². The van der Waals surface area contributed by atoms with Crippen LogP contribution in [0.5, 0.6) is 0 Å². The fourth-order valence-electron chi connectivity index (χ4n) is 4.34. The van der Waals surface area contributed by atoms with Crippen molar-refractivity contribution in [1.29, 1.82) is 0 Å². The number of carbonyl (C=O) groups is 1. The van der Waals surface area contributed by atoms with Gasteiger partial charge in [0.05, 0.1) is 16.2 Å². The Labute approximate surface area is 222 Å². The summed E-state index contributed by atoms with van der Waals surface area (Å²) in [4.78, 5) is 14.8. The molecule has 1 saturated heterocycles. The quantitative estimate of drug-likeness (QED) is 0.423. The molecule has 0 spiro atoms. The molecule has 36 heavy (non-hydrogen) atoms. The topological polar surface area (TPSA) is 78.5 Å². The predicted octanol–water partition coefficient (Wildman–Crippen LogP) is 4.89. The Morgan fingerprint density at radius 1 is 1.25 bits per heavy atom. The van der Waals surface area contributed by atoms with Crippen molar-refractivity contribution in [3.8, 4) is 0 Å². The van der Waals surface area contributed by atoms with Crippen LogP contribution in [-0.2, 0) is 29.1 Å². The molecule has 1 fully saturated rings. The minimum atomic E-state index is -4.66. The van der Waals surface area contributed by atoms with Gasteiger partial charge >= 0.3 is 6.18 Å². The van der Waals surface area contributed by atoms with Crippen LogP contribution in [0.2, 0.25) is 5.02 Å². The first kappa shape index (κ1) is 28.9. The Morgan fingerprint density at radius 3 is 2.61 bits per heavy atom. The van der Waals surface area contributed by atoms with Gasteiger partial charge < -0.3 is 10.6 Å². The van der Waals surface area contributed by atoms with Crippen LogP contribution in [0.3, 0.4) is 0 Å². The lowest BCUT2D eigenvalue weighted by Gasteiger charge is -2.22. The molecular weight excluding hydrogens is 583 g/mol. The van der Waals surface area contributed by atoms with E-state index in [2.05, 4.69) is 26.6 Å². The van der Waals surface area contributed by atoms with Crippen LogP contribution in [0.25, 0.3) is 0 Å². The van der Waals surface area contributed by atoms with Crippen LogP contribution in [0.1, 0.15) is 40.4 Å². The lowest BCUT2D eigenvalue weighted by molar-refractivity contribution is -0.138. The van der Waals surface area contributed by atoms with E-state index in [1.54, 1.807) is 0 Å². The normalized spacial score (nSPS) is 16.9. The van der Waals surface area contributed by atoms with E-state index in [1.165, 1.54) is 31.2 Å². The van der Waals surface area contributed by atoms with E-state index >= 15 is 0 Å². The number of hydrogen-bond donors (Lipinski definition) is 2. The number of nitrogens with zero attached hydrogens (tertiary/aromatic N) is 1. The number of halogens is 5. The van der Waals surface area contributed by atoms with Crippen molar-refractivity contribution >= 4 is 43.3 Å². The molecule has 1 atom stereocenters. The Balaban J connectivity index is 1.84. The van der Waals surface area contributed by atoms with Gasteiger partial charge in [0.15, 0.2) is 9.84 Å². The lowest BCUT2D eigenvalue weighted by atomic mass is 10.0. The highest BCUT2D eigenvalue weighted by molar-refractivity contribution is 9.10. The molecule has 2 aromatic rings. The summed E-state index contributed by atoms with van der Waals surface area (Å²) in [5.41, 5.74) is -0.727. The maximum Gasteiger partial charge on any atom is 0.416 e. The summed E-state index contributed by atoms with van der Waals surface area (Å²) in [5, 5.41) is 5.91. The highest BCUT2D eigenvalue weighted by atomic mass is 79.9. The molecule has 2 N–H and O–H groups in total. The van der Waals surface area contributed by atoms with Crippen molar-refractivity contribution in [3.63, 3.8) is 0 Å². The Kier molecular flexibility index (Phi) is 9.48. The SMILES string of the molecule is CCS(=O)(=O)c1ccc(Cl)cc1CNC(=O)c1cc(Br)c(CN2CCC(CNC)C2)c(C(F)(F)F)c1. The number of nitrogens with one attached hydrogen (secondary N) is 2. The highest BCUT2D eigenvalue weighted by Gasteiger charge is 2.36. The van der Waals surface area contributed by atoms with E-state index in [-0.39, 0.29) is 49.9 Å². The summed E-state index contributed by atoms with van der Waals surface area (Å²) in [6.07, 6.45) is -3.76. The average molecular weight is 611 g/mol. The van der Waals surface area contributed by atoms with Crippen LogP contribution in [0, 0.1) is 5.92 Å². The summed E-state index contributed by atoms with van der Waals surface area (Å²) < 4.78 is 67.0. The minimum Gasteiger partial charge on any atom is -0.348 e. The number of benzene rings is 2. The summed E-state index contributed by atoms with van der Waals surface area (Å²) in [5.74, 6) is -0.532. The molecule has 6 nitrogen and oxygen atoms in total. The predicted molar refractivity (Wildman–Crippen MR) is 137 cm³/mol. The van der Waals surface area contributed by atoms with Crippen molar-refractivity contribution in [1.82, 2.24) is 15.5 Å². The first-order valence-corrected chi connectivity index (χ1v) is 14.2. The van der Waals surface area contributed by atoms with E-state index in [0.717, 1.165) is 19.0 Å². The minimum absolute atomic E-state index is 0.0180. The fraction of sp³-hybridized carbons (Fsp3) is 0.458. The summed E-state index contributed by atoms with van der Waals surface area (Å²) in [7, 11) is -1.74. The van der Waals surface area contributed by atoms with E-state index in [1.807, 2.05) is 11.9 Å². The van der Waals surface area contributed by atoms with Gasteiger partial charge in [0, 0.05) is 34.7 Å². The van der Waals surface area contributed by atoms with E-state index in [9.17, 15) is 26.4 Å². The first-order chi connectivity index (χ1) is 16.9. The number of amides is 1. The molecule has 0 saturated carbocycles. The summed E-state index contributed by atoms with van der Waals surface area (Å²) in [6.45, 7) is 3.58. The molecule has 1 aliphatic rings. The van der Waals surface area contributed by atoms with Gasteiger partial charge in [0.25, 0.3) is 5.91 Å². The number of alkyl halides is 3. The average Bonchev–Trinajstić information content (AvgIpc) is 3.25. The second kappa shape index (κ2) is 11.8. The number of sulfone groups is 1. The number of carbonyl (C=O) groups excluding carboxylic acids is 1. The monoisotopic (exact) mass is 609 g/mol. The molecule has 3 rings (SSSR count). The van der Waals surface area contributed by atoms with E-state index < -0.39 is 27.5 Å². The second-order valence-electron chi connectivity index (χ2n) is 8.77. The molecule has 1 amide bonds. The molecule has 12 heteroatoms. The van der Waals surface area contributed by atoms with Crippen molar-refractivity contribution in [2.75, 3.05) is 32.4 Å². The third-order valence-electron chi connectivity index (χ3n) is 6.18.